The number of H-pyrrole nitrogens is 1. The Bertz CT molecular complexity index is 616. The van der Waals surface area contributed by atoms with Crippen LogP contribution in [0.1, 0.15) is 51.2 Å². The monoisotopic (exact) mass is 366 g/mol. The largest absolute Gasteiger partial charge is 0.457 e. The molecule has 1 atom stereocenters. The van der Waals surface area contributed by atoms with Gasteiger partial charge in [0.25, 0.3) is 0 Å². The van der Waals surface area contributed by atoms with Crippen LogP contribution in [0, 0.1) is 0 Å². The zero-order valence-corrected chi connectivity index (χ0v) is 14.3. The average molecular weight is 367 g/mol. The first-order chi connectivity index (χ1) is 10.7. The van der Waals surface area contributed by atoms with Crippen LogP contribution < -0.4 is 0 Å². The number of hydrogen-bond donors (Lipinski definition) is 1. The number of aromatic nitrogens is 4. The maximum absolute atomic E-state index is 11.7. The van der Waals surface area contributed by atoms with Gasteiger partial charge in [0.1, 0.15) is 6.10 Å². The highest BCUT2D eigenvalue weighted by Crippen LogP contribution is 2.33. The summed E-state index contributed by atoms with van der Waals surface area (Å²) in [5, 5.41) is 14.1. The van der Waals surface area contributed by atoms with Crippen LogP contribution in [0.15, 0.2) is 22.7 Å². The van der Waals surface area contributed by atoms with Gasteiger partial charge in [-0.25, -0.2) is 0 Å². The van der Waals surface area contributed by atoms with Crippen molar-refractivity contribution >= 4 is 21.9 Å². The molecule has 2 aromatic rings. The Morgan fingerprint density at radius 3 is 2.86 bits per heavy atom. The third kappa shape index (κ3) is 4.13. The van der Waals surface area contributed by atoms with Crippen molar-refractivity contribution in [3.05, 3.63) is 28.2 Å². The van der Waals surface area contributed by atoms with E-state index < -0.39 is 0 Å². The maximum Gasteiger partial charge on any atom is 0.306 e. The third-order valence-corrected chi connectivity index (χ3v) is 3.82. The van der Waals surface area contributed by atoms with Gasteiger partial charge in [-0.05, 0) is 30.2 Å². The van der Waals surface area contributed by atoms with Crippen LogP contribution in [0.5, 0.6) is 0 Å². The van der Waals surface area contributed by atoms with E-state index in [0.717, 1.165) is 34.9 Å². The molecule has 0 saturated heterocycles. The van der Waals surface area contributed by atoms with Crippen molar-refractivity contribution < 1.29 is 9.53 Å². The van der Waals surface area contributed by atoms with Gasteiger partial charge in [0.05, 0.1) is 0 Å². The molecule has 2 rings (SSSR count). The number of carbonyl (C=O) groups is 1. The van der Waals surface area contributed by atoms with Crippen LogP contribution in [-0.4, -0.2) is 26.6 Å². The molecule has 1 heterocycles. The minimum Gasteiger partial charge on any atom is -0.457 e. The fourth-order valence-corrected chi connectivity index (χ4v) is 2.55. The van der Waals surface area contributed by atoms with Crippen LogP contribution in [0.3, 0.4) is 0 Å². The van der Waals surface area contributed by atoms with Crippen molar-refractivity contribution in [2.75, 3.05) is 0 Å². The van der Waals surface area contributed by atoms with E-state index in [1.807, 2.05) is 18.2 Å². The molecule has 1 N–H and O–H groups in total. The van der Waals surface area contributed by atoms with Crippen LogP contribution in [0.4, 0.5) is 0 Å². The number of tetrazole rings is 1. The molecular formula is C15H19BrN4O2. The molecule has 0 fully saturated rings. The molecule has 0 spiro atoms. The van der Waals surface area contributed by atoms with E-state index in [9.17, 15) is 4.79 Å². The number of ether oxygens (including phenoxy) is 1. The molecule has 7 heteroatoms. The quantitative estimate of drug-likeness (QED) is 0.753. The zero-order chi connectivity index (χ0) is 15.9. The van der Waals surface area contributed by atoms with E-state index in [1.54, 1.807) is 6.92 Å². The fourth-order valence-electron chi connectivity index (χ4n) is 2.19. The lowest BCUT2D eigenvalue weighted by Gasteiger charge is -2.20. The number of hydrogen-bond acceptors (Lipinski definition) is 5. The summed E-state index contributed by atoms with van der Waals surface area (Å²) in [5.74, 6) is 0.286. The van der Waals surface area contributed by atoms with Gasteiger partial charge in [0.15, 0.2) is 0 Å². The van der Waals surface area contributed by atoms with Crippen molar-refractivity contribution in [3.8, 4) is 11.4 Å². The molecule has 0 saturated carbocycles. The first-order valence-corrected chi connectivity index (χ1v) is 8.17. The summed E-state index contributed by atoms with van der Waals surface area (Å²) in [6, 6.07) is 5.79. The van der Waals surface area contributed by atoms with Gasteiger partial charge < -0.3 is 4.74 Å². The van der Waals surface area contributed by atoms with Gasteiger partial charge in [0, 0.05) is 22.0 Å². The number of nitrogens with one attached hydrogen (secondary N) is 1. The minimum atomic E-state index is -0.297. The van der Waals surface area contributed by atoms with E-state index in [2.05, 4.69) is 43.5 Å². The van der Waals surface area contributed by atoms with Crippen LogP contribution in [0.2, 0.25) is 0 Å². The van der Waals surface area contributed by atoms with Crippen LogP contribution >= 0.6 is 15.9 Å². The lowest BCUT2D eigenvalue weighted by Crippen LogP contribution is -2.12. The number of unbranched alkanes of at least 4 members (excludes halogenated alkanes) is 1. The summed E-state index contributed by atoms with van der Waals surface area (Å²) in [6.07, 6.45) is 2.84. The first-order valence-electron chi connectivity index (χ1n) is 7.38. The topological polar surface area (TPSA) is 80.8 Å². The highest BCUT2D eigenvalue weighted by Gasteiger charge is 2.21. The molecule has 0 amide bonds. The summed E-state index contributed by atoms with van der Waals surface area (Å²) in [6.45, 7) is 3.90. The second-order valence-corrected chi connectivity index (χ2v) is 5.86. The summed E-state index contributed by atoms with van der Waals surface area (Å²) >= 11 is 3.45. The normalized spacial score (nSPS) is 12.1. The number of nitrogens with zero attached hydrogens (tertiary/aromatic N) is 3. The predicted molar refractivity (Wildman–Crippen MR) is 86.0 cm³/mol. The first kappa shape index (κ1) is 16.6. The molecule has 1 unspecified atom stereocenters. The van der Waals surface area contributed by atoms with E-state index in [-0.39, 0.29) is 12.1 Å². The lowest BCUT2D eigenvalue weighted by atomic mass is 9.98. The Morgan fingerprint density at radius 2 is 2.23 bits per heavy atom. The number of aromatic amines is 1. The zero-order valence-electron chi connectivity index (χ0n) is 12.7. The lowest BCUT2D eigenvalue weighted by molar-refractivity contribution is -0.149. The Balaban J connectivity index is 2.39. The van der Waals surface area contributed by atoms with Gasteiger partial charge >= 0.3 is 5.97 Å². The van der Waals surface area contributed by atoms with E-state index in [0.29, 0.717) is 12.2 Å². The Kier molecular flexibility index (Phi) is 6.06. The van der Waals surface area contributed by atoms with E-state index in [4.69, 9.17) is 4.74 Å². The molecule has 1 aromatic carbocycles. The minimum absolute atomic E-state index is 0.205. The number of esters is 1. The summed E-state index contributed by atoms with van der Waals surface area (Å²) < 4.78 is 6.54. The van der Waals surface area contributed by atoms with Crippen LogP contribution in [0.25, 0.3) is 11.4 Å². The van der Waals surface area contributed by atoms with E-state index in [1.165, 1.54) is 0 Å². The van der Waals surface area contributed by atoms with Gasteiger partial charge in [-0.15, -0.1) is 10.2 Å². The molecular weight excluding hydrogens is 348 g/mol. The van der Waals surface area contributed by atoms with Gasteiger partial charge in [-0.2, -0.15) is 5.21 Å². The smallest absolute Gasteiger partial charge is 0.306 e. The number of benzene rings is 1. The number of rotatable bonds is 7. The standard InChI is InChI=1S/C15H19BrN4O2/c1-3-5-6-13(22-14(21)4-2)11-8-7-10(16)9-12(11)15-17-19-20-18-15/h7-9,13H,3-6H2,1-2H3,(H,17,18,19,20). The van der Waals surface area contributed by atoms with Crippen LogP contribution in [-0.2, 0) is 9.53 Å². The summed E-state index contributed by atoms with van der Waals surface area (Å²) in [4.78, 5) is 11.7. The molecule has 118 valence electrons. The highest BCUT2D eigenvalue weighted by molar-refractivity contribution is 9.10. The maximum atomic E-state index is 11.7. The second kappa shape index (κ2) is 8.03. The highest BCUT2D eigenvalue weighted by atomic mass is 79.9. The Labute approximate surface area is 137 Å². The number of carbonyl (C=O) groups excluding carboxylic acids is 1. The Hall–Kier alpha value is -1.76. The van der Waals surface area contributed by atoms with Crippen molar-refractivity contribution in [3.63, 3.8) is 0 Å². The predicted octanol–water partition coefficient (Wildman–Crippen LogP) is 3.81. The molecule has 0 aliphatic carbocycles. The molecule has 0 aliphatic rings. The van der Waals surface area contributed by atoms with Crippen molar-refractivity contribution in [2.24, 2.45) is 0 Å². The van der Waals surface area contributed by atoms with Gasteiger partial charge in [-0.3, -0.25) is 4.79 Å². The van der Waals surface area contributed by atoms with Gasteiger partial charge in [0.2, 0.25) is 5.82 Å². The third-order valence-electron chi connectivity index (χ3n) is 3.33. The molecule has 6 nitrogen and oxygen atoms in total. The molecule has 0 bridgehead atoms. The van der Waals surface area contributed by atoms with Crippen molar-refractivity contribution in [1.82, 2.24) is 20.6 Å². The summed E-state index contributed by atoms with van der Waals surface area (Å²) in [7, 11) is 0. The Morgan fingerprint density at radius 1 is 1.41 bits per heavy atom. The van der Waals surface area contributed by atoms with E-state index >= 15 is 0 Å². The van der Waals surface area contributed by atoms with Crippen molar-refractivity contribution in [2.45, 2.75) is 45.6 Å². The molecule has 22 heavy (non-hydrogen) atoms. The average Bonchev–Trinajstić information content (AvgIpc) is 3.05. The molecule has 1 aromatic heterocycles. The SMILES string of the molecule is CCCCC(OC(=O)CC)c1ccc(Br)cc1-c1nn[nH]n1. The van der Waals surface area contributed by atoms with Gasteiger partial charge in [-0.1, -0.05) is 42.3 Å². The number of halogens is 1. The summed E-state index contributed by atoms with van der Waals surface area (Å²) in [5.41, 5.74) is 1.72. The molecule has 0 radical (unpaired) electrons. The fraction of sp³-hybridized carbons (Fsp3) is 0.467. The van der Waals surface area contributed by atoms with Crippen molar-refractivity contribution in [1.29, 1.82) is 0 Å². The second-order valence-electron chi connectivity index (χ2n) is 4.94. The molecule has 0 aliphatic heterocycles.